The molecule has 2 rings (SSSR count). The van der Waals surface area contributed by atoms with Gasteiger partial charge in [-0.05, 0) is 31.0 Å². The standard InChI is InChI=1S/C14H13ClN2O2/c15-10-3-1-4-11(9-10)17-8-2-5-12(14(17)19)13(18)6-7-16/h1,3-4,9,12H,2,5-6,8H2. The molecular formula is C14H13ClN2O2. The zero-order valence-corrected chi connectivity index (χ0v) is 11.1. The van der Waals surface area contributed by atoms with Crippen LogP contribution in [-0.2, 0) is 9.59 Å². The number of benzene rings is 1. The quantitative estimate of drug-likeness (QED) is 0.797. The maximum Gasteiger partial charge on any atom is 0.237 e. The van der Waals surface area contributed by atoms with E-state index in [1.54, 1.807) is 29.2 Å². The van der Waals surface area contributed by atoms with Crippen molar-refractivity contribution in [1.82, 2.24) is 0 Å². The zero-order valence-electron chi connectivity index (χ0n) is 10.3. The summed E-state index contributed by atoms with van der Waals surface area (Å²) in [5.74, 6) is -1.21. The van der Waals surface area contributed by atoms with Crippen molar-refractivity contribution in [3.8, 4) is 6.07 Å². The number of hydrogen-bond acceptors (Lipinski definition) is 3. The summed E-state index contributed by atoms with van der Waals surface area (Å²) in [5, 5.41) is 9.11. The van der Waals surface area contributed by atoms with Gasteiger partial charge in [0.05, 0.1) is 18.4 Å². The van der Waals surface area contributed by atoms with Gasteiger partial charge in [-0.2, -0.15) is 5.26 Å². The second kappa shape index (κ2) is 5.85. The summed E-state index contributed by atoms with van der Waals surface area (Å²) in [5.41, 5.74) is 0.701. The molecule has 1 unspecified atom stereocenters. The Balaban J connectivity index is 2.21. The minimum atomic E-state index is -0.688. The molecule has 1 fully saturated rings. The number of carbonyl (C=O) groups is 2. The van der Waals surface area contributed by atoms with E-state index in [-0.39, 0.29) is 18.1 Å². The minimum Gasteiger partial charge on any atom is -0.312 e. The SMILES string of the molecule is N#CCC(=O)C1CCCN(c2cccc(Cl)c2)C1=O. The molecule has 0 aliphatic carbocycles. The molecule has 1 aliphatic heterocycles. The van der Waals surface area contributed by atoms with Gasteiger partial charge in [-0.15, -0.1) is 0 Å². The number of nitriles is 1. The van der Waals surface area contributed by atoms with Crippen LogP contribution in [0.2, 0.25) is 5.02 Å². The number of ketones is 1. The first-order valence-corrected chi connectivity index (χ1v) is 6.48. The lowest BCUT2D eigenvalue weighted by molar-refractivity contribution is -0.133. The molecule has 1 amide bonds. The number of hydrogen-bond donors (Lipinski definition) is 0. The maximum atomic E-state index is 12.3. The van der Waals surface area contributed by atoms with Crippen LogP contribution in [0.3, 0.4) is 0 Å². The van der Waals surface area contributed by atoms with Crippen LogP contribution < -0.4 is 4.90 Å². The molecule has 1 saturated heterocycles. The molecule has 0 spiro atoms. The molecule has 0 aromatic heterocycles. The minimum absolute atomic E-state index is 0.209. The lowest BCUT2D eigenvalue weighted by Gasteiger charge is -2.31. The number of nitrogens with zero attached hydrogens (tertiary/aromatic N) is 2. The maximum absolute atomic E-state index is 12.3. The Morgan fingerprint density at radius 3 is 3.00 bits per heavy atom. The highest BCUT2D eigenvalue weighted by Crippen LogP contribution is 2.27. The van der Waals surface area contributed by atoms with Crippen LogP contribution in [0, 0.1) is 17.2 Å². The molecule has 5 heteroatoms. The summed E-state index contributed by atoms with van der Waals surface area (Å²) >= 11 is 5.91. The van der Waals surface area contributed by atoms with Crippen LogP contribution in [0.25, 0.3) is 0 Å². The highest BCUT2D eigenvalue weighted by molar-refractivity contribution is 6.31. The third-order valence-corrected chi connectivity index (χ3v) is 3.44. The first kappa shape index (κ1) is 13.6. The summed E-state index contributed by atoms with van der Waals surface area (Å²) < 4.78 is 0. The number of carbonyl (C=O) groups excluding carboxylic acids is 2. The number of anilines is 1. The second-order valence-electron chi connectivity index (χ2n) is 4.47. The topological polar surface area (TPSA) is 61.2 Å². The van der Waals surface area contributed by atoms with E-state index in [0.29, 0.717) is 23.7 Å². The third-order valence-electron chi connectivity index (χ3n) is 3.20. The van der Waals surface area contributed by atoms with Crippen LogP contribution >= 0.6 is 11.6 Å². The van der Waals surface area contributed by atoms with Gasteiger partial charge in [0.2, 0.25) is 5.91 Å². The first-order chi connectivity index (χ1) is 9.13. The summed E-state index contributed by atoms with van der Waals surface area (Å²) in [6.07, 6.45) is 1.07. The van der Waals surface area contributed by atoms with E-state index in [4.69, 9.17) is 16.9 Å². The van der Waals surface area contributed by atoms with Crippen molar-refractivity contribution >= 4 is 29.0 Å². The number of Topliss-reactive ketones (excluding diaryl/α,β-unsaturated/α-hetero) is 1. The molecule has 0 radical (unpaired) electrons. The van der Waals surface area contributed by atoms with E-state index in [0.717, 1.165) is 6.42 Å². The molecule has 4 nitrogen and oxygen atoms in total. The largest absolute Gasteiger partial charge is 0.312 e. The van der Waals surface area contributed by atoms with E-state index in [1.165, 1.54) is 0 Å². The van der Waals surface area contributed by atoms with Gasteiger partial charge in [-0.3, -0.25) is 9.59 Å². The highest BCUT2D eigenvalue weighted by Gasteiger charge is 2.34. The predicted octanol–water partition coefficient (Wildman–Crippen LogP) is 2.57. The number of rotatable bonds is 3. The van der Waals surface area contributed by atoms with Crippen molar-refractivity contribution in [3.05, 3.63) is 29.3 Å². The average Bonchev–Trinajstić information content (AvgIpc) is 2.39. The lowest BCUT2D eigenvalue weighted by Crippen LogP contribution is -2.44. The summed E-state index contributed by atoms with van der Waals surface area (Å²) in [7, 11) is 0. The summed E-state index contributed by atoms with van der Waals surface area (Å²) in [6.45, 7) is 0.579. The van der Waals surface area contributed by atoms with Gasteiger partial charge >= 0.3 is 0 Å². The van der Waals surface area contributed by atoms with Crippen LogP contribution in [0.15, 0.2) is 24.3 Å². The predicted molar refractivity (Wildman–Crippen MR) is 71.8 cm³/mol. The number of amides is 1. The fourth-order valence-electron chi connectivity index (χ4n) is 2.28. The van der Waals surface area contributed by atoms with Crippen LogP contribution in [0.1, 0.15) is 19.3 Å². The highest BCUT2D eigenvalue weighted by atomic mass is 35.5. The molecule has 0 N–H and O–H groups in total. The van der Waals surface area contributed by atoms with Gasteiger partial charge in [-0.1, -0.05) is 17.7 Å². The average molecular weight is 277 g/mol. The van der Waals surface area contributed by atoms with Gasteiger partial charge in [0.25, 0.3) is 0 Å². The molecule has 1 heterocycles. The Kier molecular flexibility index (Phi) is 4.18. The molecule has 1 aromatic rings. The first-order valence-electron chi connectivity index (χ1n) is 6.10. The van der Waals surface area contributed by atoms with Gasteiger partial charge in [0.15, 0.2) is 5.78 Å². The summed E-state index contributed by atoms with van der Waals surface area (Å²) in [4.78, 5) is 25.6. The van der Waals surface area contributed by atoms with Gasteiger partial charge < -0.3 is 4.90 Å². The van der Waals surface area contributed by atoms with E-state index in [1.807, 2.05) is 6.07 Å². The summed E-state index contributed by atoms with van der Waals surface area (Å²) in [6, 6.07) is 8.81. The monoisotopic (exact) mass is 276 g/mol. The van der Waals surface area contributed by atoms with Crippen LogP contribution in [0.5, 0.6) is 0 Å². The van der Waals surface area contributed by atoms with E-state index < -0.39 is 5.92 Å². The molecule has 19 heavy (non-hydrogen) atoms. The van der Waals surface area contributed by atoms with Crippen molar-refractivity contribution in [2.45, 2.75) is 19.3 Å². The second-order valence-corrected chi connectivity index (χ2v) is 4.90. The van der Waals surface area contributed by atoms with Crippen molar-refractivity contribution < 1.29 is 9.59 Å². The Bertz CT molecular complexity index is 551. The fourth-order valence-corrected chi connectivity index (χ4v) is 2.46. The lowest BCUT2D eigenvalue weighted by atomic mass is 9.91. The van der Waals surface area contributed by atoms with Gasteiger partial charge in [-0.25, -0.2) is 0 Å². The molecule has 1 atom stereocenters. The number of piperidine rings is 1. The zero-order chi connectivity index (χ0) is 13.8. The number of halogens is 1. The molecule has 0 saturated carbocycles. The fraction of sp³-hybridized carbons (Fsp3) is 0.357. The Morgan fingerprint density at radius 2 is 2.32 bits per heavy atom. The Morgan fingerprint density at radius 1 is 1.53 bits per heavy atom. The molecule has 1 aliphatic rings. The Labute approximate surface area is 116 Å². The van der Waals surface area contributed by atoms with Crippen LogP contribution in [0.4, 0.5) is 5.69 Å². The molecular weight excluding hydrogens is 264 g/mol. The van der Waals surface area contributed by atoms with E-state index >= 15 is 0 Å². The third kappa shape index (κ3) is 2.94. The van der Waals surface area contributed by atoms with Crippen LogP contribution in [-0.4, -0.2) is 18.2 Å². The van der Waals surface area contributed by atoms with E-state index in [9.17, 15) is 9.59 Å². The van der Waals surface area contributed by atoms with Gasteiger partial charge in [0.1, 0.15) is 0 Å². The molecule has 98 valence electrons. The van der Waals surface area contributed by atoms with Crippen molar-refractivity contribution in [1.29, 1.82) is 5.26 Å². The molecule has 1 aromatic carbocycles. The van der Waals surface area contributed by atoms with Crippen molar-refractivity contribution in [2.75, 3.05) is 11.4 Å². The van der Waals surface area contributed by atoms with Crippen molar-refractivity contribution in [2.24, 2.45) is 5.92 Å². The van der Waals surface area contributed by atoms with Gasteiger partial charge in [0, 0.05) is 17.3 Å². The molecule has 0 bridgehead atoms. The van der Waals surface area contributed by atoms with E-state index in [2.05, 4.69) is 0 Å². The smallest absolute Gasteiger partial charge is 0.237 e. The normalized spacial score (nSPS) is 19.1. The Hall–Kier alpha value is -1.86. The van der Waals surface area contributed by atoms with Crippen molar-refractivity contribution in [3.63, 3.8) is 0 Å².